The van der Waals surface area contributed by atoms with Gasteiger partial charge in [0.05, 0.1) is 11.9 Å². The van der Waals surface area contributed by atoms with Crippen molar-refractivity contribution in [2.24, 2.45) is 0 Å². The topological polar surface area (TPSA) is 86.8 Å². The maximum absolute atomic E-state index is 13.3. The number of amides is 2. The van der Waals surface area contributed by atoms with Gasteiger partial charge in [0.15, 0.2) is 0 Å². The number of halogens is 2. The van der Waals surface area contributed by atoms with Crippen LogP contribution in [-0.2, 0) is 26.2 Å². The average Bonchev–Trinajstić information content (AvgIpc) is 2.72. The summed E-state index contributed by atoms with van der Waals surface area (Å²) in [6.45, 7) is 1.22. The molecule has 2 aromatic carbocycles. The van der Waals surface area contributed by atoms with Gasteiger partial charge in [0, 0.05) is 18.6 Å². The van der Waals surface area contributed by atoms with Crippen LogP contribution in [-0.4, -0.2) is 51.0 Å². The van der Waals surface area contributed by atoms with Crippen LogP contribution in [0.15, 0.2) is 48.5 Å². The van der Waals surface area contributed by atoms with Crippen LogP contribution < -0.4 is 9.62 Å². The highest BCUT2D eigenvalue weighted by Crippen LogP contribution is 2.22. The minimum absolute atomic E-state index is 0.0193. The van der Waals surface area contributed by atoms with Gasteiger partial charge in [-0.2, -0.15) is 0 Å². The molecule has 2 aromatic rings. The Morgan fingerprint density at radius 2 is 1.74 bits per heavy atom. The van der Waals surface area contributed by atoms with Crippen LogP contribution in [0.4, 0.5) is 10.1 Å². The molecule has 0 spiro atoms. The second-order valence-electron chi connectivity index (χ2n) is 6.90. The van der Waals surface area contributed by atoms with Crippen LogP contribution in [0.25, 0.3) is 0 Å². The number of rotatable bonds is 9. The van der Waals surface area contributed by atoms with Crippen molar-refractivity contribution in [3.8, 4) is 0 Å². The largest absolute Gasteiger partial charge is 0.357 e. The second-order valence-corrected chi connectivity index (χ2v) is 9.21. The monoisotopic (exact) mass is 469 g/mol. The Hall–Kier alpha value is -2.65. The quantitative estimate of drug-likeness (QED) is 0.611. The predicted octanol–water partition coefficient (Wildman–Crippen LogP) is 2.80. The number of carbonyl (C=O) groups excluding carboxylic acids is 2. The molecule has 1 atom stereocenters. The van der Waals surface area contributed by atoms with Gasteiger partial charge in [0.1, 0.15) is 18.4 Å². The summed E-state index contributed by atoms with van der Waals surface area (Å²) in [7, 11) is -2.40. The van der Waals surface area contributed by atoms with E-state index in [4.69, 9.17) is 11.6 Å². The number of nitrogens with zero attached hydrogens (tertiary/aromatic N) is 2. The van der Waals surface area contributed by atoms with E-state index in [0.29, 0.717) is 17.0 Å². The summed E-state index contributed by atoms with van der Waals surface area (Å²) >= 11 is 6.24. The molecule has 7 nitrogen and oxygen atoms in total. The molecule has 31 heavy (non-hydrogen) atoms. The Morgan fingerprint density at radius 3 is 2.26 bits per heavy atom. The molecule has 0 saturated heterocycles. The van der Waals surface area contributed by atoms with Gasteiger partial charge in [-0.3, -0.25) is 13.9 Å². The van der Waals surface area contributed by atoms with E-state index in [1.54, 1.807) is 31.2 Å². The van der Waals surface area contributed by atoms with Crippen molar-refractivity contribution in [1.82, 2.24) is 10.2 Å². The summed E-state index contributed by atoms with van der Waals surface area (Å²) in [6, 6.07) is 10.8. The molecule has 0 aliphatic rings. The first kappa shape index (κ1) is 24.6. The van der Waals surface area contributed by atoms with Gasteiger partial charge in [0.2, 0.25) is 21.8 Å². The zero-order valence-electron chi connectivity index (χ0n) is 17.5. The summed E-state index contributed by atoms with van der Waals surface area (Å²) in [6.07, 6.45) is 1.27. The van der Waals surface area contributed by atoms with E-state index in [-0.39, 0.29) is 18.1 Å². The van der Waals surface area contributed by atoms with E-state index in [1.807, 2.05) is 0 Å². The van der Waals surface area contributed by atoms with Crippen molar-refractivity contribution in [3.63, 3.8) is 0 Å². The van der Waals surface area contributed by atoms with Gasteiger partial charge < -0.3 is 10.2 Å². The predicted molar refractivity (Wildman–Crippen MR) is 119 cm³/mol. The van der Waals surface area contributed by atoms with Crippen molar-refractivity contribution in [2.45, 2.75) is 25.9 Å². The first-order chi connectivity index (χ1) is 14.6. The molecule has 0 saturated carbocycles. The van der Waals surface area contributed by atoms with Crippen molar-refractivity contribution in [3.05, 3.63) is 64.9 Å². The molecular formula is C21H25ClFN3O4S. The second kappa shape index (κ2) is 10.6. The van der Waals surface area contributed by atoms with E-state index < -0.39 is 34.3 Å². The average molecular weight is 470 g/mol. The van der Waals surface area contributed by atoms with Crippen LogP contribution in [0.1, 0.15) is 18.9 Å². The van der Waals surface area contributed by atoms with Gasteiger partial charge in [-0.05, 0) is 42.3 Å². The molecule has 0 aliphatic carbocycles. The lowest BCUT2D eigenvalue weighted by Gasteiger charge is -2.32. The normalized spacial score (nSPS) is 12.2. The fourth-order valence-electron chi connectivity index (χ4n) is 3.12. The number of carbonyl (C=O) groups is 2. The Morgan fingerprint density at radius 1 is 1.13 bits per heavy atom. The van der Waals surface area contributed by atoms with Gasteiger partial charge in [-0.25, -0.2) is 12.8 Å². The molecule has 2 amide bonds. The maximum atomic E-state index is 13.3. The van der Waals surface area contributed by atoms with Crippen molar-refractivity contribution >= 4 is 39.1 Å². The van der Waals surface area contributed by atoms with Crippen molar-refractivity contribution in [2.75, 3.05) is 24.2 Å². The molecule has 168 valence electrons. The Kier molecular flexibility index (Phi) is 8.41. The zero-order valence-corrected chi connectivity index (χ0v) is 19.1. The zero-order chi connectivity index (χ0) is 23.2. The van der Waals surface area contributed by atoms with Gasteiger partial charge in [-0.15, -0.1) is 0 Å². The Labute approximate surface area is 186 Å². The molecule has 0 unspecified atom stereocenters. The summed E-state index contributed by atoms with van der Waals surface area (Å²) in [5.41, 5.74) is 0.760. The van der Waals surface area contributed by atoms with Gasteiger partial charge >= 0.3 is 0 Å². The highest BCUT2D eigenvalue weighted by Gasteiger charge is 2.31. The standard InChI is InChI=1S/C21H25ClFN3O4S/c1-4-19(21(28)24-2)25(13-15-7-5-6-8-18(15)22)20(27)14-26(31(3,29)30)17-11-9-16(23)10-12-17/h5-12,19H,4,13-14H2,1-3H3,(H,24,28)/t19-/m0/s1. The molecule has 0 aromatic heterocycles. The van der Waals surface area contributed by atoms with E-state index >= 15 is 0 Å². The number of hydrogen-bond acceptors (Lipinski definition) is 4. The van der Waals surface area contributed by atoms with Crippen LogP contribution >= 0.6 is 11.6 Å². The molecule has 1 N–H and O–H groups in total. The molecule has 0 fully saturated rings. The third-order valence-electron chi connectivity index (χ3n) is 4.72. The lowest BCUT2D eigenvalue weighted by Crippen LogP contribution is -2.51. The molecule has 0 radical (unpaired) electrons. The minimum atomic E-state index is -3.86. The SMILES string of the molecule is CC[C@@H](C(=O)NC)N(Cc1ccccc1Cl)C(=O)CN(c1ccc(F)cc1)S(C)(=O)=O. The molecular weight excluding hydrogens is 445 g/mol. The third kappa shape index (κ3) is 6.41. The number of hydrogen-bond donors (Lipinski definition) is 1. The highest BCUT2D eigenvalue weighted by atomic mass is 35.5. The van der Waals surface area contributed by atoms with E-state index in [2.05, 4.69) is 5.32 Å². The summed E-state index contributed by atoms with van der Waals surface area (Å²) in [4.78, 5) is 27.0. The molecule has 2 rings (SSSR count). The maximum Gasteiger partial charge on any atom is 0.244 e. The molecule has 0 bridgehead atoms. The van der Waals surface area contributed by atoms with E-state index in [9.17, 15) is 22.4 Å². The first-order valence-corrected chi connectivity index (χ1v) is 11.8. The number of nitrogens with one attached hydrogen (secondary N) is 1. The minimum Gasteiger partial charge on any atom is -0.357 e. The van der Waals surface area contributed by atoms with E-state index in [1.165, 1.54) is 24.1 Å². The van der Waals surface area contributed by atoms with Crippen LogP contribution in [0, 0.1) is 5.82 Å². The van der Waals surface area contributed by atoms with Crippen LogP contribution in [0.3, 0.4) is 0 Å². The summed E-state index contributed by atoms with van der Waals surface area (Å²) < 4.78 is 38.9. The number of anilines is 1. The molecule has 0 aliphatic heterocycles. The van der Waals surface area contributed by atoms with Crippen molar-refractivity contribution < 1.29 is 22.4 Å². The molecule has 0 heterocycles. The van der Waals surface area contributed by atoms with E-state index in [0.717, 1.165) is 22.7 Å². The first-order valence-electron chi connectivity index (χ1n) is 9.56. The van der Waals surface area contributed by atoms with Crippen molar-refractivity contribution in [1.29, 1.82) is 0 Å². The van der Waals surface area contributed by atoms with Crippen LogP contribution in [0.5, 0.6) is 0 Å². The molecule has 10 heteroatoms. The summed E-state index contributed by atoms with van der Waals surface area (Å²) in [5, 5.41) is 2.96. The Bertz CT molecular complexity index is 1030. The highest BCUT2D eigenvalue weighted by molar-refractivity contribution is 7.92. The fraction of sp³-hybridized carbons (Fsp3) is 0.333. The Balaban J connectivity index is 2.43. The van der Waals surface area contributed by atoms with Gasteiger partial charge in [0.25, 0.3) is 0 Å². The fourth-order valence-corrected chi connectivity index (χ4v) is 4.16. The lowest BCUT2D eigenvalue weighted by molar-refractivity contribution is -0.140. The third-order valence-corrected chi connectivity index (χ3v) is 6.23. The number of sulfonamides is 1. The van der Waals surface area contributed by atoms with Gasteiger partial charge in [-0.1, -0.05) is 36.7 Å². The number of benzene rings is 2. The summed E-state index contributed by atoms with van der Waals surface area (Å²) in [5.74, 6) is -1.50. The lowest BCUT2D eigenvalue weighted by atomic mass is 10.1. The smallest absolute Gasteiger partial charge is 0.244 e. The number of likely N-dealkylation sites (N-methyl/N-ethyl adjacent to an activating group) is 1. The van der Waals surface area contributed by atoms with Crippen LogP contribution in [0.2, 0.25) is 5.02 Å².